The number of carbonyl (C=O) groups is 1. The molecule has 1 fully saturated rings. The number of nitrogens with one attached hydrogen (secondary N) is 3. The fourth-order valence-electron chi connectivity index (χ4n) is 4.11. The van der Waals surface area contributed by atoms with Gasteiger partial charge in [0.1, 0.15) is 10.6 Å². The van der Waals surface area contributed by atoms with Crippen molar-refractivity contribution >= 4 is 26.8 Å². The van der Waals surface area contributed by atoms with Gasteiger partial charge in [0.2, 0.25) is 10.0 Å². The van der Waals surface area contributed by atoms with Gasteiger partial charge in [0.25, 0.3) is 5.91 Å². The number of ether oxygens (including phenoxy) is 1. The minimum atomic E-state index is -3.78. The quantitative estimate of drug-likeness (QED) is 0.499. The van der Waals surface area contributed by atoms with Gasteiger partial charge in [-0.05, 0) is 49.1 Å². The van der Waals surface area contributed by atoms with Gasteiger partial charge < -0.3 is 15.0 Å². The minimum Gasteiger partial charge on any atom is -0.495 e. The van der Waals surface area contributed by atoms with E-state index in [0.29, 0.717) is 13.0 Å². The smallest absolute Gasteiger partial charge is 0.251 e. The van der Waals surface area contributed by atoms with Crippen molar-refractivity contribution in [2.45, 2.75) is 43.0 Å². The summed E-state index contributed by atoms with van der Waals surface area (Å²) in [7, 11) is -2.36. The number of carbonyl (C=O) groups excluding carboxylic acids is 1. The second kappa shape index (κ2) is 9.11. The van der Waals surface area contributed by atoms with Gasteiger partial charge in [-0.15, -0.1) is 0 Å². The molecule has 1 amide bonds. The zero-order valence-corrected chi connectivity index (χ0v) is 18.3. The molecule has 3 N–H and O–H groups in total. The van der Waals surface area contributed by atoms with Gasteiger partial charge in [0.15, 0.2) is 0 Å². The second-order valence-electron chi connectivity index (χ2n) is 7.83. The average molecular weight is 442 g/mol. The molecule has 164 valence electrons. The lowest BCUT2D eigenvalue weighted by molar-refractivity contribution is 0.0954. The van der Waals surface area contributed by atoms with Crippen LogP contribution in [0.5, 0.6) is 5.75 Å². The van der Waals surface area contributed by atoms with Crippen LogP contribution in [0.4, 0.5) is 0 Å². The number of benzene rings is 2. The summed E-state index contributed by atoms with van der Waals surface area (Å²) in [6, 6.07) is 12.4. The Labute approximate surface area is 182 Å². The molecule has 1 heterocycles. The topological polar surface area (TPSA) is 100 Å². The molecule has 0 atom stereocenters. The first-order valence-corrected chi connectivity index (χ1v) is 12.0. The van der Waals surface area contributed by atoms with Crippen LogP contribution in [0.1, 0.15) is 41.6 Å². The number of fused-ring (bicyclic) bond motifs is 1. The van der Waals surface area contributed by atoms with Gasteiger partial charge in [-0.3, -0.25) is 4.79 Å². The molecule has 8 heteroatoms. The van der Waals surface area contributed by atoms with Crippen LogP contribution in [0, 0.1) is 0 Å². The third kappa shape index (κ3) is 4.75. The third-order valence-electron chi connectivity index (χ3n) is 5.75. The Kier molecular flexibility index (Phi) is 6.29. The predicted molar refractivity (Wildman–Crippen MR) is 120 cm³/mol. The van der Waals surface area contributed by atoms with Gasteiger partial charge in [-0.2, -0.15) is 0 Å². The van der Waals surface area contributed by atoms with Crippen molar-refractivity contribution in [2.24, 2.45) is 0 Å². The molecule has 4 rings (SSSR count). The average Bonchev–Trinajstić information content (AvgIpc) is 3.43. The molecule has 2 aromatic carbocycles. The Balaban J connectivity index is 1.46. The van der Waals surface area contributed by atoms with Gasteiger partial charge in [-0.25, -0.2) is 13.1 Å². The van der Waals surface area contributed by atoms with Crippen molar-refractivity contribution < 1.29 is 17.9 Å². The van der Waals surface area contributed by atoms with E-state index in [2.05, 4.69) is 15.0 Å². The van der Waals surface area contributed by atoms with E-state index in [1.165, 1.54) is 19.2 Å². The molecular formula is C23H27N3O4S. The number of hydrogen-bond acceptors (Lipinski definition) is 4. The Morgan fingerprint density at radius 3 is 2.71 bits per heavy atom. The third-order valence-corrected chi connectivity index (χ3v) is 7.29. The first kappa shape index (κ1) is 21.4. The summed E-state index contributed by atoms with van der Waals surface area (Å²) in [5.74, 6) is -0.0966. The van der Waals surface area contributed by atoms with Crippen molar-refractivity contribution in [1.29, 1.82) is 0 Å². The summed E-state index contributed by atoms with van der Waals surface area (Å²) in [4.78, 5) is 15.9. The maximum Gasteiger partial charge on any atom is 0.251 e. The number of methoxy groups -OCH3 is 1. The number of H-pyrrole nitrogens is 1. The van der Waals surface area contributed by atoms with Crippen molar-refractivity contribution in [1.82, 2.24) is 15.0 Å². The van der Waals surface area contributed by atoms with Crippen LogP contribution in [0.25, 0.3) is 10.9 Å². The molecule has 0 saturated heterocycles. The molecule has 3 aromatic rings. The molecule has 1 aromatic heterocycles. The minimum absolute atomic E-state index is 0.00817. The van der Waals surface area contributed by atoms with E-state index in [1.54, 1.807) is 6.07 Å². The molecule has 0 unspecified atom stereocenters. The number of rotatable bonds is 8. The number of sulfonamides is 1. The molecule has 0 spiro atoms. The fourth-order valence-corrected chi connectivity index (χ4v) is 5.61. The van der Waals surface area contributed by atoms with Crippen LogP contribution in [-0.4, -0.2) is 39.0 Å². The molecule has 0 bridgehead atoms. The molecule has 1 aliphatic rings. The van der Waals surface area contributed by atoms with Crippen LogP contribution < -0.4 is 14.8 Å². The maximum absolute atomic E-state index is 12.9. The van der Waals surface area contributed by atoms with Crippen LogP contribution in [0.15, 0.2) is 53.6 Å². The van der Waals surface area contributed by atoms with Crippen molar-refractivity contribution in [3.63, 3.8) is 0 Å². The molecule has 1 aliphatic carbocycles. The zero-order valence-electron chi connectivity index (χ0n) is 17.5. The maximum atomic E-state index is 12.9. The highest BCUT2D eigenvalue weighted by atomic mass is 32.2. The summed E-state index contributed by atoms with van der Waals surface area (Å²) < 4.78 is 33.8. The second-order valence-corrected chi connectivity index (χ2v) is 9.52. The summed E-state index contributed by atoms with van der Waals surface area (Å²) in [5, 5.41) is 4.01. The highest BCUT2D eigenvalue weighted by molar-refractivity contribution is 7.89. The Hall–Kier alpha value is -2.84. The first-order chi connectivity index (χ1) is 15.0. The number of aromatic nitrogens is 1. The Bertz CT molecular complexity index is 1180. The van der Waals surface area contributed by atoms with Crippen molar-refractivity contribution in [3.8, 4) is 5.75 Å². The zero-order chi connectivity index (χ0) is 21.8. The standard InChI is InChI=1S/C23H27N3O4S/c1-30-21-11-10-16(14-22(21)31(28,29)26-18-6-2-3-7-18)23(27)24-13-12-17-15-25-20-9-5-4-8-19(17)20/h4-5,8-11,14-15,18,25-26H,2-3,6-7,12-13H2,1H3,(H,24,27). The first-order valence-electron chi connectivity index (χ1n) is 10.5. The van der Waals surface area contributed by atoms with E-state index in [-0.39, 0.29) is 28.2 Å². The largest absolute Gasteiger partial charge is 0.495 e. The number of aromatic amines is 1. The van der Waals surface area contributed by atoms with E-state index >= 15 is 0 Å². The van der Waals surface area contributed by atoms with E-state index in [0.717, 1.165) is 42.1 Å². The number of hydrogen-bond donors (Lipinski definition) is 3. The molecule has 31 heavy (non-hydrogen) atoms. The lowest BCUT2D eigenvalue weighted by Gasteiger charge is -2.15. The molecule has 0 aliphatic heterocycles. The molecule has 0 radical (unpaired) electrons. The summed E-state index contributed by atoms with van der Waals surface area (Å²) in [6.07, 6.45) is 6.31. The fraction of sp³-hybridized carbons (Fsp3) is 0.348. The number of amides is 1. The lowest BCUT2D eigenvalue weighted by atomic mass is 10.1. The summed E-state index contributed by atoms with van der Waals surface area (Å²) in [6.45, 7) is 0.440. The highest BCUT2D eigenvalue weighted by Gasteiger charge is 2.26. The summed E-state index contributed by atoms with van der Waals surface area (Å²) >= 11 is 0. The summed E-state index contributed by atoms with van der Waals surface area (Å²) in [5.41, 5.74) is 2.46. The van der Waals surface area contributed by atoms with Crippen LogP contribution in [-0.2, 0) is 16.4 Å². The van der Waals surface area contributed by atoms with E-state index in [1.807, 2.05) is 30.5 Å². The highest BCUT2D eigenvalue weighted by Crippen LogP contribution is 2.27. The van der Waals surface area contributed by atoms with E-state index < -0.39 is 10.0 Å². The molecular weight excluding hydrogens is 414 g/mol. The van der Waals surface area contributed by atoms with Crippen molar-refractivity contribution in [3.05, 3.63) is 59.8 Å². The monoisotopic (exact) mass is 441 g/mol. The predicted octanol–water partition coefficient (Wildman–Crippen LogP) is 3.37. The normalized spacial score (nSPS) is 14.7. The van der Waals surface area contributed by atoms with Crippen molar-refractivity contribution in [2.75, 3.05) is 13.7 Å². The van der Waals surface area contributed by atoms with Crippen LogP contribution in [0.3, 0.4) is 0 Å². The van der Waals surface area contributed by atoms with Gasteiger partial charge in [0, 0.05) is 35.2 Å². The lowest BCUT2D eigenvalue weighted by Crippen LogP contribution is -2.33. The van der Waals surface area contributed by atoms with Crippen LogP contribution >= 0.6 is 0 Å². The van der Waals surface area contributed by atoms with E-state index in [4.69, 9.17) is 4.74 Å². The van der Waals surface area contributed by atoms with Gasteiger partial charge >= 0.3 is 0 Å². The SMILES string of the molecule is COc1ccc(C(=O)NCCc2c[nH]c3ccccc23)cc1S(=O)(=O)NC1CCCC1. The number of para-hydroxylation sites is 1. The van der Waals surface area contributed by atoms with Gasteiger partial charge in [-0.1, -0.05) is 31.0 Å². The van der Waals surface area contributed by atoms with E-state index in [9.17, 15) is 13.2 Å². The Morgan fingerprint density at radius 2 is 1.94 bits per heavy atom. The Morgan fingerprint density at radius 1 is 1.16 bits per heavy atom. The molecule has 1 saturated carbocycles. The van der Waals surface area contributed by atoms with Crippen LogP contribution in [0.2, 0.25) is 0 Å². The molecule has 7 nitrogen and oxygen atoms in total. The van der Waals surface area contributed by atoms with Gasteiger partial charge in [0.05, 0.1) is 7.11 Å².